The molecule has 0 aliphatic carbocycles. The monoisotopic (exact) mass is 275 g/mol. The van der Waals surface area contributed by atoms with Gasteiger partial charge in [-0.1, -0.05) is 42.4 Å². The number of nitrogens with two attached hydrogens (primary N) is 1. The summed E-state index contributed by atoms with van der Waals surface area (Å²) in [4.78, 5) is 2.48. The van der Waals surface area contributed by atoms with E-state index < -0.39 is 0 Å². The van der Waals surface area contributed by atoms with E-state index in [4.69, 9.17) is 10.9 Å². The van der Waals surface area contributed by atoms with Crippen LogP contribution in [-0.4, -0.2) is 29.0 Å². The highest BCUT2D eigenvalue weighted by Gasteiger charge is 2.24. The Balaban J connectivity index is 2.17. The minimum atomic E-state index is 0.206. The predicted molar refractivity (Wildman–Crippen MR) is 81.8 cm³/mol. The van der Waals surface area contributed by atoms with Gasteiger partial charge in [0.2, 0.25) is 0 Å². The second kappa shape index (κ2) is 7.29. The summed E-state index contributed by atoms with van der Waals surface area (Å²) in [7, 11) is 0. The zero-order valence-corrected chi connectivity index (χ0v) is 12.2. The van der Waals surface area contributed by atoms with Gasteiger partial charge in [-0.3, -0.25) is 4.90 Å². The van der Waals surface area contributed by atoms with Crippen LogP contribution in [0.25, 0.3) is 0 Å². The van der Waals surface area contributed by atoms with Crippen molar-refractivity contribution in [3.05, 3.63) is 35.9 Å². The summed E-state index contributed by atoms with van der Waals surface area (Å²) in [5.41, 5.74) is 7.00. The van der Waals surface area contributed by atoms with Crippen LogP contribution in [0.3, 0.4) is 0 Å². The molecular formula is C16H25N3O. The van der Waals surface area contributed by atoms with Crippen molar-refractivity contribution < 1.29 is 5.21 Å². The quantitative estimate of drug-likeness (QED) is 0.384. The molecule has 2 rings (SSSR count). The molecule has 1 aromatic carbocycles. The van der Waals surface area contributed by atoms with Crippen LogP contribution >= 0.6 is 0 Å². The molecule has 2 atom stereocenters. The van der Waals surface area contributed by atoms with Crippen molar-refractivity contribution in [1.82, 2.24) is 4.90 Å². The predicted octanol–water partition coefficient (Wildman–Crippen LogP) is 2.99. The minimum Gasteiger partial charge on any atom is -0.409 e. The van der Waals surface area contributed by atoms with Crippen LogP contribution in [0.1, 0.15) is 44.2 Å². The Hall–Kier alpha value is -1.55. The average molecular weight is 275 g/mol. The maximum absolute atomic E-state index is 8.87. The molecule has 0 saturated carbocycles. The average Bonchev–Trinajstić information content (AvgIpc) is 2.70. The normalized spacial score (nSPS) is 23.2. The topological polar surface area (TPSA) is 61.8 Å². The van der Waals surface area contributed by atoms with Gasteiger partial charge in [0, 0.05) is 12.5 Å². The van der Waals surface area contributed by atoms with Gasteiger partial charge in [0.1, 0.15) is 5.84 Å². The second-order valence-corrected chi connectivity index (χ2v) is 5.79. The smallest absolute Gasteiger partial charge is 0.141 e. The summed E-state index contributed by atoms with van der Waals surface area (Å²) in [5.74, 6) is 1.09. The van der Waals surface area contributed by atoms with Crippen molar-refractivity contribution in [3.63, 3.8) is 0 Å². The van der Waals surface area contributed by atoms with Crippen LogP contribution in [0, 0.1) is 5.92 Å². The Bertz CT molecular complexity index is 433. The third-order valence-electron chi connectivity index (χ3n) is 4.21. The largest absolute Gasteiger partial charge is 0.409 e. The summed E-state index contributed by atoms with van der Waals surface area (Å²) >= 11 is 0. The molecule has 1 heterocycles. The maximum Gasteiger partial charge on any atom is 0.141 e. The van der Waals surface area contributed by atoms with E-state index in [0.717, 1.165) is 19.0 Å². The van der Waals surface area contributed by atoms with E-state index in [9.17, 15) is 0 Å². The van der Waals surface area contributed by atoms with Crippen LogP contribution in [-0.2, 0) is 0 Å². The van der Waals surface area contributed by atoms with Gasteiger partial charge < -0.3 is 10.9 Å². The minimum absolute atomic E-state index is 0.206. The Morgan fingerprint density at radius 1 is 1.35 bits per heavy atom. The molecule has 2 unspecified atom stereocenters. The molecule has 1 saturated heterocycles. The molecule has 20 heavy (non-hydrogen) atoms. The molecule has 0 spiro atoms. The molecular weight excluding hydrogens is 250 g/mol. The van der Waals surface area contributed by atoms with Gasteiger partial charge >= 0.3 is 0 Å². The molecule has 3 N–H and O–H groups in total. The molecule has 4 heteroatoms. The van der Waals surface area contributed by atoms with Crippen molar-refractivity contribution in [2.24, 2.45) is 16.8 Å². The molecule has 0 aromatic heterocycles. The fourth-order valence-electron chi connectivity index (χ4n) is 2.97. The Morgan fingerprint density at radius 2 is 2.10 bits per heavy atom. The number of rotatable bonds is 4. The number of benzene rings is 1. The van der Waals surface area contributed by atoms with Gasteiger partial charge in [-0.05, 0) is 43.8 Å². The van der Waals surface area contributed by atoms with Crippen molar-refractivity contribution in [2.45, 2.75) is 38.6 Å². The van der Waals surface area contributed by atoms with Crippen molar-refractivity contribution in [2.75, 3.05) is 13.1 Å². The summed E-state index contributed by atoms with van der Waals surface area (Å²) < 4.78 is 0. The highest BCUT2D eigenvalue weighted by molar-refractivity contribution is 5.80. The number of nitrogens with zero attached hydrogens (tertiary/aromatic N) is 2. The van der Waals surface area contributed by atoms with Crippen molar-refractivity contribution in [3.8, 4) is 0 Å². The number of oxime groups is 1. The molecule has 0 bridgehead atoms. The van der Waals surface area contributed by atoms with Crippen LogP contribution in [0.2, 0.25) is 0 Å². The van der Waals surface area contributed by atoms with E-state index in [2.05, 4.69) is 41.2 Å². The number of hydrogen-bond donors (Lipinski definition) is 2. The SMILES string of the molecule is CC1CCCN(C(CC(N)=NO)c2ccccc2)CC1. The fourth-order valence-corrected chi connectivity index (χ4v) is 2.97. The van der Waals surface area contributed by atoms with E-state index in [1.807, 2.05) is 6.07 Å². The van der Waals surface area contributed by atoms with Crippen LogP contribution in [0.4, 0.5) is 0 Å². The van der Waals surface area contributed by atoms with Gasteiger partial charge in [-0.25, -0.2) is 0 Å². The summed E-state index contributed by atoms with van der Waals surface area (Å²) in [6.07, 6.45) is 4.32. The zero-order valence-electron chi connectivity index (χ0n) is 12.2. The van der Waals surface area contributed by atoms with E-state index in [-0.39, 0.29) is 6.04 Å². The molecule has 4 nitrogen and oxygen atoms in total. The van der Waals surface area contributed by atoms with Crippen LogP contribution < -0.4 is 5.73 Å². The first kappa shape index (κ1) is 14.9. The Labute approximate surface area is 121 Å². The summed E-state index contributed by atoms with van der Waals surface area (Å²) in [6, 6.07) is 10.6. The highest BCUT2D eigenvalue weighted by atomic mass is 16.4. The number of hydrogen-bond acceptors (Lipinski definition) is 3. The van der Waals surface area contributed by atoms with Gasteiger partial charge in [0.05, 0.1) is 0 Å². The van der Waals surface area contributed by atoms with E-state index in [1.54, 1.807) is 0 Å². The zero-order chi connectivity index (χ0) is 14.4. The highest BCUT2D eigenvalue weighted by Crippen LogP contribution is 2.28. The second-order valence-electron chi connectivity index (χ2n) is 5.79. The van der Waals surface area contributed by atoms with Gasteiger partial charge in [-0.15, -0.1) is 0 Å². The molecule has 0 amide bonds. The lowest BCUT2D eigenvalue weighted by Gasteiger charge is -2.30. The summed E-state index contributed by atoms with van der Waals surface area (Å²) in [5, 5.41) is 12.0. The van der Waals surface area contributed by atoms with Gasteiger partial charge in [0.25, 0.3) is 0 Å². The number of likely N-dealkylation sites (tertiary alicyclic amines) is 1. The van der Waals surface area contributed by atoms with E-state index in [0.29, 0.717) is 12.3 Å². The van der Waals surface area contributed by atoms with Gasteiger partial charge in [-0.2, -0.15) is 0 Å². The third-order valence-corrected chi connectivity index (χ3v) is 4.21. The maximum atomic E-state index is 8.87. The fraction of sp³-hybridized carbons (Fsp3) is 0.562. The van der Waals surface area contributed by atoms with E-state index in [1.165, 1.54) is 24.8 Å². The molecule has 110 valence electrons. The first-order chi connectivity index (χ1) is 9.70. The van der Waals surface area contributed by atoms with Gasteiger partial charge in [0.15, 0.2) is 0 Å². The standard InChI is InChI=1S/C16H25N3O/c1-13-6-5-10-19(11-9-13)15(12-16(17)18-20)14-7-3-2-4-8-14/h2-4,7-8,13,15,20H,5-6,9-12H2,1H3,(H2,17,18). The lowest BCUT2D eigenvalue weighted by Crippen LogP contribution is -2.33. The van der Waals surface area contributed by atoms with Crippen LogP contribution in [0.15, 0.2) is 35.5 Å². The van der Waals surface area contributed by atoms with Crippen molar-refractivity contribution in [1.29, 1.82) is 0 Å². The third kappa shape index (κ3) is 3.97. The molecule has 0 radical (unpaired) electrons. The Kier molecular flexibility index (Phi) is 5.41. The molecule has 1 aliphatic heterocycles. The molecule has 1 fully saturated rings. The number of amidine groups is 1. The first-order valence-electron chi connectivity index (χ1n) is 7.46. The van der Waals surface area contributed by atoms with Crippen molar-refractivity contribution >= 4 is 5.84 Å². The lowest BCUT2D eigenvalue weighted by molar-refractivity contribution is 0.205. The Morgan fingerprint density at radius 3 is 2.80 bits per heavy atom. The lowest BCUT2D eigenvalue weighted by atomic mass is 10.0. The van der Waals surface area contributed by atoms with E-state index >= 15 is 0 Å². The summed E-state index contributed by atoms with van der Waals surface area (Å²) in [6.45, 7) is 4.49. The molecule has 1 aromatic rings. The first-order valence-corrected chi connectivity index (χ1v) is 7.46. The van der Waals surface area contributed by atoms with Crippen LogP contribution in [0.5, 0.6) is 0 Å². The molecule has 1 aliphatic rings.